The van der Waals surface area contributed by atoms with Gasteiger partial charge in [0.05, 0.1) is 0 Å². The van der Waals surface area contributed by atoms with Crippen LogP contribution in [0.4, 0.5) is 0 Å². The molecule has 1 aliphatic heterocycles. The number of aromatic nitrogens is 3. The number of hydrogen-bond donors (Lipinski definition) is 2. The molecule has 0 saturated carbocycles. The van der Waals surface area contributed by atoms with Crippen molar-refractivity contribution in [2.75, 3.05) is 13.1 Å². The Kier molecular flexibility index (Phi) is 2.57. The van der Waals surface area contributed by atoms with E-state index in [9.17, 15) is 9.59 Å². The molecule has 1 amide bonds. The first-order valence-electron chi connectivity index (χ1n) is 5.11. The van der Waals surface area contributed by atoms with E-state index in [1.807, 2.05) is 0 Å². The third kappa shape index (κ3) is 2.08. The SMILES string of the molecule is CC1CCN(C(=O)c2n[nH]c(=O)[nH]2)CC1. The van der Waals surface area contributed by atoms with E-state index in [4.69, 9.17) is 0 Å². The van der Waals surface area contributed by atoms with Gasteiger partial charge in [-0.1, -0.05) is 6.92 Å². The highest BCUT2D eigenvalue weighted by Gasteiger charge is 2.23. The number of likely N-dealkylation sites (tertiary alicyclic amines) is 1. The maximum atomic E-state index is 11.8. The van der Waals surface area contributed by atoms with Crippen LogP contribution in [0.1, 0.15) is 30.4 Å². The molecule has 1 aromatic rings. The van der Waals surface area contributed by atoms with Gasteiger partial charge >= 0.3 is 5.69 Å². The topological polar surface area (TPSA) is 81.8 Å². The number of amides is 1. The first-order valence-corrected chi connectivity index (χ1v) is 5.11. The predicted molar refractivity (Wildman–Crippen MR) is 53.5 cm³/mol. The first kappa shape index (κ1) is 9.95. The smallest absolute Gasteiger partial charge is 0.336 e. The highest BCUT2D eigenvalue weighted by atomic mass is 16.2. The molecule has 1 saturated heterocycles. The second-order valence-electron chi connectivity index (χ2n) is 4.00. The number of rotatable bonds is 1. The van der Waals surface area contributed by atoms with Gasteiger partial charge in [-0.25, -0.2) is 9.89 Å². The predicted octanol–water partition coefficient (Wildman–Crippen LogP) is -0.0299. The molecular formula is C9H14N4O2. The summed E-state index contributed by atoms with van der Waals surface area (Å²) in [5, 5.41) is 5.81. The first-order chi connectivity index (χ1) is 7.16. The Morgan fingerprint density at radius 2 is 2.13 bits per heavy atom. The Bertz CT molecular complexity index is 400. The summed E-state index contributed by atoms with van der Waals surface area (Å²) in [5.41, 5.74) is -0.441. The van der Waals surface area contributed by atoms with E-state index in [0.29, 0.717) is 5.92 Å². The molecule has 82 valence electrons. The van der Waals surface area contributed by atoms with Crippen LogP contribution in [0.3, 0.4) is 0 Å². The lowest BCUT2D eigenvalue weighted by molar-refractivity contribution is 0.0685. The van der Waals surface area contributed by atoms with Crippen LogP contribution in [0.5, 0.6) is 0 Å². The molecule has 1 aromatic heterocycles. The number of H-pyrrole nitrogens is 2. The summed E-state index contributed by atoms with van der Waals surface area (Å²) in [5.74, 6) is 0.585. The molecule has 0 aromatic carbocycles. The Labute approximate surface area is 86.7 Å². The molecule has 1 fully saturated rings. The standard InChI is InChI=1S/C9H14N4O2/c1-6-2-4-13(5-3-6)8(14)7-10-9(15)12-11-7/h6H,2-5H2,1H3,(H2,10,11,12,15). The quantitative estimate of drug-likeness (QED) is 0.683. The van der Waals surface area contributed by atoms with Crippen molar-refractivity contribution < 1.29 is 4.79 Å². The molecule has 2 heterocycles. The minimum Gasteiger partial charge on any atom is -0.336 e. The fourth-order valence-corrected chi connectivity index (χ4v) is 1.73. The molecule has 2 N–H and O–H groups in total. The lowest BCUT2D eigenvalue weighted by atomic mass is 9.99. The van der Waals surface area contributed by atoms with Crippen molar-refractivity contribution in [2.24, 2.45) is 5.92 Å². The summed E-state index contributed by atoms with van der Waals surface area (Å²) < 4.78 is 0. The minimum absolute atomic E-state index is 0.106. The number of carbonyl (C=O) groups is 1. The van der Waals surface area contributed by atoms with Crippen LogP contribution in [0.15, 0.2) is 4.79 Å². The zero-order chi connectivity index (χ0) is 10.8. The zero-order valence-electron chi connectivity index (χ0n) is 8.62. The number of hydrogen-bond acceptors (Lipinski definition) is 3. The van der Waals surface area contributed by atoms with Crippen molar-refractivity contribution in [3.63, 3.8) is 0 Å². The van der Waals surface area contributed by atoms with Gasteiger partial charge in [0.1, 0.15) is 0 Å². The summed E-state index contributed by atoms with van der Waals surface area (Å²) >= 11 is 0. The Hall–Kier alpha value is -1.59. The van der Waals surface area contributed by atoms with E-state index in [1.165, 1.54) is 0 Å². The molecule has 2 rings (SSSR count). The number of piperidine rings is 1. The molecule has 15 heavy (non-hydrogen) atoms. The molecule has 0 spiro atoms. The molecule has 6 heteroatoms. The maximum Gasteiger partial charge on any atom is 0.341 e. The van der Waals surface area contributed by atoms with Crippen LogP contribution in [-0.2, 0) is 0 Å². The fraction of sp³-hybridized carbons (Fsp3) is 0.667. The molecular weight excluding hydrogens is 196 g/mol. The van der Waals surface area contributed by atoms with Crippen LogP contribution < -0.4 is 5.69 Å². The Morgan fingerprint density at radius 3 is 2.67 bits per heavy atom. The van der Waals surface area contributed by atoms with Crippen molar-refractivity contribution in [2.45, 2.75) is 19.8 Å². The van der Waals surface area contributed by atoms with Gasteiger partial charge in [-0.15, -0.1) is 5.10 Å². The highest BCUT2D eigenvalue weighted by Crippen LogP contribution is 2.16. The van der Waals surface area contributed by atoms with Gasteiger partial charge in [0.2, 0.25) is 5.82 Å². The van der Waals surface area contributed by atoms with E-state index in [1.54, 1.807) is 4.90 Å². The average Bonchev–Trinajstić information content (AvgIpc) is 2.65. The third-order valence-corrected chi connectivity index (χ3v) is 2.77. The summed E-state index contributed by atoms with van der Waals surface area (Å²) in [6.07, 6.45) is 2.03. The molecule has 0 radical (unpaired) electrons. The monoisotopic (exact) mass is 210 g/mol. The second kappa shape index (κ2) is 3.88. The van der Waals surface area contributed by atoms with E-state index in [0.717, 1.165) is 25.9 Å². The van der Waals surface area contributed by atoms with Gasteiger partial charge in [-0.2, -0.15) is 0 Å². The van der Waals surface area contributed by atoms with E-state index >= 15 is 0 Å². The fourth-order valence-electron chi connectivity index (χ4n) is 1.73. The summed E-state index contributed by atoms with van der Waals surface area (Å²) in [6, 6.07) is 0. The molecule has 0 unspecified atom stereocenters. The number of nitrogens with zero attached hydrogens (tertiary/aromatic N) is 2. The lowest BCUT2D eigenvalue weighted by Crippen LogP contribution is -2.38. The number of aromatic amines is 2. The lowest BCUT2D eigenvalue weighted by Gasteiger charge is -2.29. The van der Waals surface area contributed by atoms with Crippen LogP contribution >= 0.6 is 0 Å². The van der Waals surface area contributed by atoms with Crippen molar-refractivity contribution in [3.8, 4) is 0 Å². The summed E-state index contributed by atoms with van der Waals surface area (Å²) in [6.45, 7) is 3.67. The largest absolute Gasteiger partial charge is 0.341 e. The van der Waals surface area contributed by atoms with Crippen LogP contribution in [0.25, 0.3) is 0 Å². The molecule has 6 nitrogen and oxygen atoms in total. The molecule has 0 bridgehead atoms. The van der Waals surface area contributed by atoms with Crippen LogP contribution in [-0.4, -0.2) is 39.1 Å². The van der Waals surface area contributed by atoms with E-state index in [-0.39, 0.29) is 11.7 Å². The van der Waals surface area contributed by atoms with E-state index < -0.39 is 5.69 Å². The Morgan fingerprint density at radius 1 is 1.47 bits per heavy atom. The summed E-state index contributed by atoms with van der Waals surface area (Å²) in [4.78, 5) is 26.7. The second-order valence-corrected chi connectivity index (χ2v) is 4.00. The van der Waals surface area contributed by atoms with Gasteiger partial charge in [0, 0.05) is 13.1 Å². The van der Waals surface area contributed by atoms with Crippen molar-refractivity contribution in [1.82, 2.24) is 20.1 Å². The van der Waals surface area contributed by atoms with Gasteiger partial charge in [-0.3, -0.25) is 9.78 Å². The molecule has 0 atom stereocenters. The minimum atomic E-state index is -0.441. The Balaban J connectivity index is 2.05. The number of carbonyl (C=O) groups excluding carboxylic acids is 1. The van der Waals surface area contributed by atoms with Gasteiger partial charge in [0.15, 0.2) is 0 Å². The summed E-state index contributed by atoms with van der Waals surface area (Å²) in [7, 11) is 0. The molecule has 0 aliphatic carbocycles. The normalized spacial score (nSPS) is 18.1. The average molecular weight is 210 g/mol. The van der Waals surface area contributed by atoms with Gasteiger partial charge in [0.25, 0.3) is 5.91 Å². The zero-order valence-corrected chi connectivity index (χ0v) is 8.62. The molecule has 1 aliphatic rings. The van der Waals surface area contributed by atoms with Gasteiger partial charge in [-0.05, 0) is 18.8 Å². The third-order valence-electron chi connectivity index (χ3n) is 2.77. The maximum absolute atomic E-state index is 11.8. The highest BCUT2D eigenvalue weighted by molar-refractivity contribution is 5.90. The van der Waals surface area contributed by atoms with Crippen molar-refractivity contribution >= 4 is 5.91 Å². The van der Waals surface area contributed by atoms with Crippen LogP contribution in [0, 0.1) is 5.92 Å². The van der Waals surface area contributed by atoms with Crippen molar-refractivity contribution in [3.05, 3.63) is 16.3 Å². The van der Waals surface area contributed by atoms with Crippen LogP contribution in [0.2, 0.25) is 0 Å². The van der Waals surface area contributed by atoms with E-state index in [2.05, 4.69) is 22.1 Å². The van der Waals surface area contributed by atoms with Crippen molar-refractivity contribution in [1.29, 1.82) is 0 Å². The number of nitrogens with one attached hydrogen (secondary N) is 2. The van der Waals surface area contributed by atoms with Gasteiger partial charge < -0.3 is 4.90 Å².